The summed E-state index contributed by atoms with van der Waals surface area (Å²) in [4.78, 5) is 5.17. The van der Waals surface area contributed by atoms with Crippen molar-refractivity contribution in [3.8, 4) is 0 Å². The zero-order valence-corrected chi connectivity index (χ0v) is 16.0. The Kier molecular flexibility index (Phi) is 11.4. The van der Waals surface area contributed by atoms with Crippen LogP contribution in [-0.2, 0) is 0 Å². The molecule has 0 aliphatic heterocycles. The minimum Gasteiger partial charge on any atom is -0.304 e. The Labute approximate surface area is 135 Å². The molecule has 0 N–H and O–H groups in total. The van der Waals surface area contributed by atoms with Crippen LogP contribution in [0.5, 0.6) is 0 Å². The zero-order valence-electron chi connectivity index (χ0n) is 16.0. The van der Waals surface area contributed by atoms with E-state index in [-0.39, 0.29) is 0 Å². The molecule has 0 aliphatic carbocycles. The van der Waals surface area contributed by atoms with E-state index in [0.717, 1.165) is 0 Å². The summed E-state index contributed by atoms with van der Waals surface area (Å²) in [6.45, 7) is 14.3. The van der Waals surface area contributed by atoms with Crippen LogP contribution in [0.1, 0.15) is 86.0 Å². The maximum atomic E-state index is 2.61. The molecule has 0 aromatic heterocycles. The smallest absolute Gasteiger partial charge is 0.0190 e. The van der Waals surface area contributed by atoms with Gasteiger partial charge in [-0.2, -0.15) is 0 Å². The molecule has 0 saturated carbocycles. The van der Waals surface area contributed by atoms with Crippen LogP contribution in [0.3, 0.4) is 0 Å². The van der Waals surface area contributed by atoms with E-state index in [2.05, 4.69) is 58.5 Å². The van der Waals surface area contributed by atoms with Crippen molar-refractivity contribution < 1.29 is 0 Å². The summed E-state index contributed by atoms with van der Waals surface area (Å²) < 4.78 is 0. The monoisotopic (exact) mass is 298 g/mol. The highest BCUT2D eigenvalue weighted by atomic mass is 15.2. The van der Waals surface area contributed by atoms with Gasteiger partial charge >= 0.3 is 0 Å². The van der Waals surface area contributed by atoms with E-state index >= 15 is 0 Å². The van der Waals surface area contributed by atoms with Gasteiger partial charge in [0.05, 0.1) is 0 Å². The first kappa shape index (κ1) is 20.9. The molecular formula is C19H42N2. The lowest BCUT2D eigenvalue weighted by molar-refractivity contribution is 0.0835. The summed E-state index contributed by atoms with van der Waals surface area (Å²) in [7, 11) is 4.62. The Balaban J connectivity index is 4.35. The van der Waals surface area contributed by atoms with Gasteiger partial charge in [-0.05, 0) is 66.7 Å². The fourth-order valence-corrected chi connectivity index (χ4v) is 3.06. The molecule has 21 heavy (non-hydrogen) atoms. The van der Waals surface area contributed by atoms with Crippen molar-refractivity contribution in [3.05, 3.63) is 0 Å². The maximum absolute atomic E-state index is 2.61. The van der Waals surface area contributed by atoms with E-state index in [9.17, 15) is 0 Å². The number of hydrogen-bond acceptors (Lipinski definition) is 2. The SMILES string of the molecule is CCCCCN(C)C(C)CC(C)(CC)N(C)CCCCC. The Morgan fingerprint density at radius 2 is 1.38 bits per heavy atom. The Bertz CT molecular complexity index is 242. The molecule has 0 radical (unpaired) electrons. The summed E-state index contributed by atoms with van der Waals surface area (Å²) in [6, 6.07) is 0.667. The van der Waals surface area contributed by atoms with E-state index in [4.69, 9.17) is 0 Å². The lowest BCUT2D eigenvalue weighted by atomic mass is 9.88. The molecule has 0 heterocycles. The second-order valence-corrected chi connectivity index (χ2v) is 7.22. The third-order valence-electron chi connectivity index (χ3n) is 5.38. The van der Waals surface area contributed by atoms with Gasteiger partial charge < -0.3 is 9.80 Å². The standard InChI is InChI=1S/C19H42N2/c1-8-11-13-15-20(6)18(4)17-19(5,10-3)21(7)16-14-12-9-2/h18H,8-17H2,1-7H3. The van der Waals surface area contributed by atoms with Crippen LogP contribution >= 0.6 is 0 Å². The molecule has 0 aromatic rings. The number of unbranched alkanes of at least 4 members (excludes halogenated alkanes) is 4. The van der Waals surface area contributed by atoms with Gasteiger partial charge in [-0.15, -0.1) is 0 Å². The molecule has 0 fully saturated rings. The van der Waals surface area contributed by atoms with Crippen molar-refractivity contribution in [1.82, 2.24) is 9.80 Å². The molecule has 2 unspecified atom stereocenters. The van der Waals surface area contributed by atoms with Crippen molar-refractivity contribution in [2.24, 2.45) is 0 Å². The van der Waals surface area contributed by atoms with E-state index < -0.39 is 0 Å². The Hall–Kier alpha value is -0.0800. The average Bonchev–Trinajstić information content (AvgIpc) is 2.47. The third-order valence-corrected chi connectivity index (χ3v) is 5.38. The maximum Gasteiger partial charge on any atom is 0.0190 e. The fourth-order valence-electron chi connectivity index (χ4n) is 3.06. The molecule has 2 nitrogen and oxygen atoms in total. The normalized spacial score (nSPS) is 16.4. The van der Waals surface area contributed by atoms with E-state index in [1.807, 2.05) is 0 Å². The molecule has 0 spiro atoms. The molecular weight excluding hydrogens is 256 g/mol. The number of rotatable bonds is 13. The van der Waals surface area contributed by atoms with E-state index in [1.54, 1.807) is 0 Å². The summed E-state index contributed by atoms with van der Waals surface area (Å²) >= 11 is 0. The van der Waals surface area contributed by atoms with Gasteiger partial charge in [0.1, 0.15) is 0 Å². The van der Waals surface area contributed by atoms with Gasteiger partial charge in [-0.25, -0.2) is 0 Å². The lowest BCUT2D eigenvalue weighted by Crippen LogP contribution is -2.48. The molecule has 0 rings (SSSR count). The largest absolute Gasteiger partial charge is 0.304 e. The second kappa shape index (κ2) is 11.5. The van der Waals surface area contributed by atoms with Crippen LogP contribution in [0.2, 0.25) is 0 Å². The molecule has 0 aromatic carbocycles. The predicted molar refractivity (Wildman–Crippen MR) is 97.1 cm³/mol. The highest BCUT2D eigenvalue weighted by molar-refractivity contribution is 4.87. The van der Waals surface area contributed by atoms with Crippen LogP contribution in [0.15, 0.2) is 0 Å². The molecule has 0 saturated heterocycles. The molecule has 0 bridgehead atoms. The zero-order chi connectivity index (χ0) is 16.3. The number of hydrogen-bond donors (Lipinski definition) is 0. The molecule has 0 amide bonds. The van der Waals surface area contributed by atoms with Gasteiger partial charge in [0, 0.05) is 11.6 Å². The predicted octanol–water partition coefficient (Wildman–Crippen LogP) is 5.18. The van der Waals surface area contributed by atoms with Crippen LogP contribution in [0.25, 0.3) is 0 Å². The quantitative estimate of drug-likeness (QED) is 0.432. The van der Waals surface area contributed by atoms with Crippen LogP contribution in [0, 0.1) is 0 Å². The average molecular weight is 299 g/mol. The van der Waals surface area contributed by atoms with Gasteiger partial charge in [0.2, 0.25) is 0 Å². The van der Waals surface area contributed by atoms with Crippen molar-refractivity contribution in [3.63, 3.8) is 0 Å². The van der Waals surface area contributed by atoms with Gasteiger partial charge in [0.25, 0.3) is 0 Å². The van der Waals surface area contributed by atoms with Crippen molar-refractivity contribution >= 4 is 0 Å². The van der Waals surface area contributed by atoms with E-state index in [0.29, 0.717) is 11.6 Å². The van der Waals surface area contributed by atoms with Crippen LogP contribution in [0.4, 0.5) is 0 Å². The molecule has 0 aliphatic rings. The highest BCUT2D eigenvalue weighted by Gasteiger charge is 2.29. The fraction of sp³-hybridized carbons (Fsp3) is 1.00. The van der Waals surface area contributed by atoms with Gasteiger partial charge in [-0.3, -0.25) is 0 Å². The van der Waals surface area contributed by atoms with E-state index in [1.165, 1.54) is 64.5 Å². The molecule has 2 atom stereocenters. The first-order valence-corrected chi connectivity index (χ1v) is 9.32. The molecule has 128 valence electrons. The Morgan fingerprint density at radius 1 is 0.857 bits per heavy atom. The van der Waals surface area contributed by atoms with Crippen molar-refractivity contribution in [2.45, 2.75) is 97.6 Å². The van der Waals surface area contributed by atoms with Gasteiger partial charge in [-0.1, -0.05) is 46.5 Å². The summed E-state index contributed by atoms with van der Waals surface area (Å²) in [6.07, 6.45) is 10.5. The van der Waals surface area contributed by atoms with Crippen molar-refractivity contribution in [1.29, 1.82) is 0 Å². The molecule has 2 heteroatoms. The second-order valence-electron chi connectivity index (χ2n) is 7.22. The van der Waals surface area contributed by atoms with Crippen molar-refractivity contribution in [2.75, 3.05) is 27.2 Å². The Morgan fingerprint density at radius 3 is 1.86 bits per heavy atom. The summed E-state index contributed by atoms with van der Waals surface area (Å²) in [5.74, 6) is 0. The lowest BCUT2D eigenvalue weighted by Gasteiger charge is -2.42. The first-order valence-electron chi connectivity index (χ1n) is 9.32. The third kappa shape index (κ3) is 8.21. The highest BCUT2D eigenvalue weighted by Crippen LogP contribution is 2.26. The van der Waals surface area contributed by atoms with Crippen LogP contribution in [-0.4, -0.2) is 48.6 Å². The van der Waals surface area contributed by atoms with Crippen LogP contribution < -0.4 is 0 Å². The minimum atomic E-state index is 0.339. The number of nitrogens with zero attached hydrogens (tertiary/aromatic N) is 2. The topological polar surface area (TPSA) is 6.48 Å². The first-order chi connectivity index (χ1) is 9.91. The summed E-state index contributed by atoms with van der Waals surface area (Å²) in [5, 5.41) is 0. The summed E-state index contributed by atoms with van der Waals surface area (Å²) in [5.41, 5.74) is 0.339. The van der Waals surface area contributed by atoms with Gasteiger partial charge in [0.15, 0.2) is 0 Å². The minimum absolute atomic E-state index is 0.339.